The molecule has 0 unspecified atom stereocenters. The molecule has 2 aromatic rings. The topological polar surface area (TPSA) is 68.6 Å². The highest BCUT2D eigenvalue weighted by Gasteiger charge is 2.25. The van der Waals surface area contributed by atoms with E-state index in [1.54, 1.807) is 0 Å². The summed E-state index contributed by atoms with van der Waals surface area (Å²) in [6.45, 7) is 3.21. The van der Waals surface area contributed by atoms with Gasteiger partial charge in [0.2, 0.25) is 0 Å². The number of carbonyl (C=O) groups excluding carboxylic acids is 1. The maximum absolute atomic E-state index is 14.5. The van der Waals surface area contributed by atoms with Crippen LogP contribution >= 0.6 is 0 Å². The third kappa shape index (κ3) is 7.44. The van der Waals surface area contributed by atoms with Crippen LogP contribution in [0.2, 0.25) is 0 Å². The molecule has 0 heterocycles. The first-order valence-corrected chi connectivity index (χ1v) is 12.2. The highest BCUT2D eigenvalue weighted by atomic mass is 19.1. The Labute approximate surface area is 208 Å². The summed E-state index contributed by atoms with van der Waals surface area (Å²) in [6, 6.07) is 4.22. The molecule has 0 bridgehead atoms. The van der Waals surface area contributed by atoms with Gasteiger partial charge >= 0.3 is 5.97 Å². The number of hydrogen-bond acceptors (Lipinski definition) is 5. The zero-order valence-electron chi connectivity index (χ0n) is 20.1. The number of nitriles is 1. The van der Waals surface area contributed by atoms with E-state index >= 15 is 0 Å². The van der Waals surface area contributed by atoms with Gasteiger partial charge in [0.15, 0.2) is 0 Å². The summed E-state index contributed by atoms with van der Waals surface area (Å²) >= 11 is 0. The number of unbranched alkanes of at least 4 members (excludes halogenated alkanes) is 3. The van der Waals surface area contributed by atoms with Crippen LogP contribution < -0.4 is 9.47 Å². The van der Waals surface area contributed by atoms with Crippen LogP contribution in [0.4, 0.5) is 17.6 Å². The summed E-state index contributed by atoms with van der Waals surface area (Å²) in [5, 5.41) is 8.69. The van der Waals surface area contributed by atoms with E-state index in [4.69, 9.17) is 19.5 Å². The van der Waals surface area contributed by atoms with E-state index in [1.165, 1.54) is 25.3 Å². The molecule has 0 N–H and O–H groups in total. The number of benzene rings is 2. The molecule has 36 heavy (non-hydrogen) atoms. The Morgan fingerprint density at radius 2 is 1.53 bits per heavy atom. The van der Waals surface area contributed by atoms with Crippen molar-refractivity contribution in [2.24, 2.45) is 5.92 Å². The molecule has 0 saturated heterocycles. The van der Waals surface area contributed by atoms with Crippen molar-refractivity contribution < 1.29 is 36.6 Å². The lowest BCUT2D eigenvalue weighted by Crippen LogP contribution is -2.25. The van der Waals surface area contributed by atoms with Gasteiger partial charge in [-0.1, -0.05) is 26.2 Å². The fourth-order valence-electron chi connectivity index (χ4n) is 4.16. The van der Waals surface area contributed by atoms with Crippen LogP contribution in [0.15, 0.2) is 24.3 Å². The highest BCUT2D eigenvalue weighted by molar-refractivity contribution is 5.91. The van der Waals surface area contributed by atoms with Gasteiger partial charge in [-0.15, -0.1) is 0 Å². The summed E-state index contributed by atoms with van der Waals surface area (Å²) in [6.07, 6.45) is 8.47. The molecular formula is C27H29F4NO4. The number of ether oxygens (including phenoxy) is 3. The fraction of sp³-hybridized carbons (Fsp3) is 0.481. The first-order chi connectivity index (χ1) is 17.3. The molecule has 1 aliphatic carbocycles. The van der Waals surface area contributed by atoms with Crippen molar-refractivity contribution >= 4 is 5.97 Å². The van der Waals surface area contributed by atoms with Gasteiger partial charge in [0.05, 0.1) is 12.7 Å². The molecule has 0 amide bonds. The highest BCUT2D eigenvalue weighted by Crippen LogP contribution is 2.29. The minimum Gasteiger partial charge on any atom is -0.493 e. The second-order valence-electron chi connectivity index (χ2n) is 8.91. The third-order valence-corrected chi connectivity index (χ3v) is 6.19. The zero-order chi connectivity index (χ0) is 26.1. The van der Waals surface area contributed by atoms with Crippen LogP contribution in [0.5, 0.6) is 11.5 Å². The first-order valence-electron chi connectivity index (χ1n) is 12.2. The second kappa shape index (κ2) is 13.3. The molecule has 5 nitrogen and oxygen atoms in total. The van der Waals surface area contributed by atoms with Gasteiger partial charge < -0.3 is 14.2 Å². The number of halogens is 4. The lowest BCUT2D eigenvalue weighted by atomic mass is 9.88. The molecule has 1 saturated carbocycles. The number of nitrogens with zero attached hydrogens (tertiary/aromatic N) is 1. The van der Waals surface area contributed by atoms with E-state index < -0.39 is 46.1 Å². The molecule has 0 spiro atoms. The summed E-state index contributed by atoms with van der Waals surface area (Å²) in [4.78, 5) is 12.2. The van der Waals surface area contributed by atoms with E-state index in [9.17, 15) is 22.4 Å². The summed E-state index contributed by atoms with van der Waals surface area (Å²) < 4.78 is 72.7. The van der Waals surface area contributed by atoms with Gasteiger partial charge in [-0.05, 0) is 38.0 Å². The summed E-state index contributed by atoms with van der Waals surface area (Å²) in [5.74, 6) is -6.96. The van der Waals surface area contributed by atoms with Crippen molar-refractivity contribution in [2.75, 3.05) is 13.2 Å². The Kier molecular flexibility index (Phi) is 10.1. The van der Waals surface area contributed by atoms with E-state index in [0.29, 0.717) is 12.1 Å². The molecule has 0 aliphatic heterocycles. The molecule has 3 rings (SSSR count). The van der Waals surface area contributed by atoms with Crippen LogP contribution in [0, 0.1) is 40.5 Å². The molecule has 1 fully saturated rings. The molecule has 0 atom stereocenters. The molecule has 0 aromatic heterocycles. The Morgan fingerprint density at radius 3 is 2.11 bits per heavy atom. The SMILES string of the molecule is CCCCCCOC1CCC(COc2cc(F)c(C(=O)Oc3cc(F)c(C#N)c(F)c3)c(F)c2)CC1. The predicted octanol–water partition coefficient (Wildman–Crippen LogP) is 6.87. The average molecular weight is 508 g/mol. The monoisotopic (exact) mass is 507 g/mol. The largest absolute Gasteiger partial charge is 0.493 e. The van der Waals surface area contributed by atoms with Gasteiger partial charge in [0.25, 0.3) is 0 Å². The van der Waals surface area contributed by atoms with Crippen LogP contribution in [0.1, 0.15) is 74.2 Å². The normalized spacial score (nSPS) is 17.4. The molecule has 2 aromatic carbocycles. The minimum atomic E-state index is -1.48. The van der Waals surface area contributed by atoms with E-state index in [-0.39, 0.29) is 24.4 Å². The fourth-order valence-corrected chi connectivity index (χ4v) is 4.16. The van der Waals surface area contributed by atoms with Crippen LogP contribution in [0.3, 0.4) is 0 Å². The molecule has 194 valence electrons. The molecule has 1 aliphatic rings. The smallest absolute Gasteiger partial charge is 0.349 e. The Bertz CT molecular complexity index is 1050. The Morgan fingerprint density at radius 1 is 0.917 bits per heavy atom. The number of hydrogen-bond donors (Lipinski definition) is 0. The van der Waals surface area contributed by atoms with Crippen molar-refractivity contribution in [2.45, 2.75) is 64.4 Å². The van der Waals surface area contributed by atoms with E-state index in [2.05, 4.69) is 6.92 Å². The molecule has 9 heteroatoms. The van der Waals surface area contributed by atoms with Crippen molar-refractivity contribution in [3.8, 4) is 17.6 Å². The van der Waals surface area contributed by atoms with Crippen LogP contribution in [-0.2, 0) is 4.74 Å². The summed E-state index contributed by atoms with van der Waals surface area (Å²) in [7, 11) is 0. The second-order valence-corrected chi connectivity index (χ2v) is 8.91. The predicted molar refractivity (Wildman–Crippen MR) is 124 cm³/mol. The van der Waals surface area contributed by atoms with Gasteiger partial charge in [-0.25, -0.2) is 22.4 Å². The van der Waals surface area contributed by atoms with Crippen molar-refractivity contribution in [1.29, 1.82) is 5.26 Å². The number of carbonyl (C=O) groups is 1. The third-order valence-electron chi connectivity index (χ3n) is 6.19. The van der Waals surface area contributed by atoms with Gasteiger partial charge in [0, 0.05) is 30.9 Å². The van der Waals surface area contributed by atoms with Gasteiger partial charge in [-0.2, -0.15) is 5.26 Å². The maximum Gasteiger partial charge on any atom is 0.349 e. The first kappa shape index (κ1) is 27.5. The van der Waals surface area contributed by atoms with E-state index in [1.807, 2.05) is 0 Å². The lowest BCUT2D eigenvalue weighted by molar-refractivity contribution is 0.0111. The Balaban J connectivity index is 1.51. The maximum atomic E-state index is 14.5. The zero-order valence-corrected chi connectivity index (χ0v) is 20.1. The minimum absolute atomic E-state index is 0.0775. The number of rotatable bonds is 11. The van der Waals surface area contributed by atoms with Gasteiger partial charge in [0.1, 0.15) is 52.0 Å². The Hall–Kier alpha value is -3.12. The average Bonchev–Trinajstić information content (AvgIpc) is 2.83. The number of esters is 1. The van der Waals surface area contributed by atoms with Crippen molar-refractivity contribution in [3.63, 3.8) is 0 Å². The van der Waals surface area contributed by atoms with E-state index in [0.717, 1.165) is 50.8 Å². The van der Waals surface area contributed by atoms with Gasteiger partial charge in [-0.3, -0.25) is 0 Å². The molecule has 0 radical (unpaired) electrons. The summed E-state index contributed by atoms with van der Waals surface area (Å²) in [5.41, 5.74) is -1.89. The quantitative estimate of drug-likeness (QED) is 0.144. The lowest BCUT2D eigenvalue weighted by Gasteiger charge is -2.28. The van der Waals surface area contributed by atoms with Crippen molar-refractivity contribution in [3.05, 3.63) is 58.7 Å². The standard InChI is InChI=1S/C27H29F4NO4/c1-2-3-4-5-10-34-18-8-6-17(7-9-18)16-35-19-11-24(30)26(25(31)12-19)27(33)36-20-13-22(28)21(15-32)23(29)14-20/h11-14,17-18H,2-10,16H2,1H3. The molecular weight excluding hydrogens is 478 g/mol. The van der Waals surface area contributed by atoms with Crippen molar-refractivity contribution in [1.82, 2.24) is 0 Å². The van der Waals surface area contributed by atoms with Crippen LogP contribution in [0.25, 0.3) is 0 Å². The van der Waals surface area contributed by atoms with Crippen LogP contribution in [-0.4, -0.2) is 25.3 Å².